The zero-order valence-corrected chi connectivity index (χ0v) is 14.2. The third kappa shape index (κ3) is 3.20. The van der Waals surface area contributed by atoms with Crippen LogP contribution in [-0.4, -0.2) is 19.2 Å². The van der Waals surface area contributed by atoms with Gasteiger partial charge in [0.2, 0.25) is 0 Å². The van der Waals surface area contributed by atoms with Gasteiger partial charge in [-0.25, -0.2) is 9.18 Å². The number of hydrogen-bond acceptors (Lipinski definition) is 3. The third-order valence-corrected chi connectivity index (χ3v) is 4.42. The van der Waals surface area contributed by atoms with Crippen LogP contribution in [0.2, 0.25) is 0 Å². The first-order valence-electron chi connectivity index (χ1n) is 7.98. The lowest BCUT2D eigenvalue weighted by molar-refractivity contribution is -0.136. The molecule has 2 atom stereocenters. The number of methoxy groups -OCH3 is 1. The Bertz CT molecular complexity index is 822. The minimum atomic E-state index is -0.457. The number of ether oxygens (including phenoxy) is 2. The second-order valence-electron chi connectivity index (χ2n) is 5.92. The lowest BCUT2D eigenvalue weighted by Crippen LogP contribution is -2.22. The summed E-state index contributed by atoms with van der Waals surface area (Å²) >= 11 is 0. The number of carbonyl (C=O) groups excluding carboxylic acids is 1. The van der Waals surface area contributed by atoms with Crippen LogP contribution in [-0.2, 0) is 14.3 Å². The molecule has 0 N–H and O–H groups in total. The predicted molar refractivity (Wildman–Crippen MR) is 94.2 cm³/mol. The Labute approximate surface area is 146 Å². The Morgan fingerprint density at radius 2 is 1.76 bits per heavy atom. The molecule has 0 fully saturated rings. The van der Waals surface area contributed by atoms with Gasteiger partial charge in [-0.2, -0.15) is 0 Å². The van der Waals surface area contributed by atoms with E-state index in [4.69, 9.17) is 9.47 Å². The first-order valence-corrected chi connectivity index (χ1v) is 7.98. The zero-order valence-electron chi connectivity index (χ0n) is 14.2. The molecule has 1 aliphatic rings. The highest BCUT2D eigenvalue weighted by molar-refractivity contribution is 5.92. The van der Waals surface area contributed by atoms with Gasteiger partial charge in [0.1, 0.15) is 17.7 Å². The van der Waals surface area contributed by atoms with E-state index in [9.17, 15) is 9.18 Å². The first kappa shape index (κ1) is 17.0. The summed E-state index contributed by atoms with van der Waals surface area (Å²) in [5.41, 5.74) is 2.91. The number of rotatable bonds is 4. The molecule has 0 saturated carbocycles. The zero-order chi connectivity index (χ0) is 18.0. The van der Waals surface area contributed by atoms with Gasteiger partial charge in [0.05, 0.1) is 18.6 Å². The average Bonchev–Trinajstić information content (AvgIpc) is 2.99. The monoisotopic (exact) mass is 338 g/mol. The minimum absolute atomic E-state index is 0.332. The molecule has 0 aromatic heterocycles. The molecule has 0 bridgehead atoms. The Morgan fingerprint density at radius 1 is 1.12 bits per heavy atom. The van der Waals surface area contributed by atoms with Gasteiger partial charge in [-0.1, -0.05) is 49.0 Å². The van der Waals surface area contributed by atoms with Crippen LogP contribution < -0.4 is 0 Å². The molecule has 0 amide bonds. The van der Waals surface area contributed by atoms with Crippen molar-refractivity contribution in [2.24, 2.45) is 0 Å². The van der Waals surface area contributed by atoms with Gasteiger partial charge >= 0.3 is 5.97 Å². The highest BCUT2D eigenvalue weighted by Crippen LogP contribution is 2.44. The molecule has 1 heterocycles. The van der Waals surface area contributed by atoms with Crippen molar-refractivity contribution in [3.8, 4) is 0 Å². The van der Waals surface area contributed by atoms with Crippen molar-refractivity contribution in [3.63, 3.8) is 0 Å². The van der Waals surface area contributed by atoms with Crippen molar-refractivity contribution < 1.29 is 18.7 Å². The normalized spacial score (nSPS) is 19.5. The van der Waals surface area contributed by atoms with Gasteiger partial charge in [-0.15, -0.1) is 0 Å². The molecule has 3 rings (SSSR count). The predicted octanol–water partition coefficient (Wildman–Crippen LogP) is 4.47. The molecule has 25 heavy (non-hydrogen) atoms. The fourth-order valence-corrected chi connectivity index (χ4v) is 3.17. The fraction of sp³-hybridized carbons (Fsp3) is 0.190. The molecule has 0 aliphatic carbocycles. The van der Waals surface area contributed by atoms with E-state index in [0.717, 1.165) is 16.7 Å². The highest BCUT2D eigenvalue weighted by atomic mass is 19.1. The minimum Gasteiger partial charge on any atom is -0.489 e. The topological polar surface area (TPSA) is 35.5 Å². The number of carbonyl (C=O) groups is 1. The first-order chi connectivity index (χ1) is 12.0. The Hall–Kier alpha value is -2.88. The van der Waals surface area contributed by atoms with E-state index in [1.165, 1.54) is 19.2 Å². The molecule has 2 aromatic carbocycles. The van der Waals surface area contributed by atoms with Gasteiger partial charge in [-0.05, 0) is 35.8 Å². The summed E-state index contributed by atoms with van der Waals surface area (Å²) < 4.78 is 24.3. The van der Waals surface area contributed by atoms with Crippen LogP contribution in [0.4, 0.5) is 4.39 Å². The second kappa shape index (κ2) is 6.93. The maximum atomic E-state index is 13.3. The number of benzene rings is 2. The van der Waals surface area contributed by atoms with E-state index in [1.807, 2.05) is 30.3 Å². The van der Waals surface area contributed by atoms with E-state index >= 15 is 0 Å². The molecule has 0 unspecified atom stereocenters. The average molecular weight is 338 g/mol. The standard InChI is InChI=1S/C21H19FO3/c1-13(15-7-5-4-6-8-15)20-19(16-9-11-17(22)12-10-16)18(14(2)25-20)21(23)24-3/h4-12,19-20H,1H2,2-3H3/t19-,20+/m0/s1. The third-order valence-electron chi connectivity index (χ3n) is 4.42. The molecule has 4 heteroatoms. The summed E-state index contributed by atoms with van der Waals surface area (Å²) in [7, 11) is 1.34. The molecule has 1 aliphatic heterocycles. The lowest BCUT2D eigenvalue weighted by Gasteiger charge is -2.23. The van der Waals surface area contributed by atoms with Gasteiger partial charge < -0.3 is 9.47 Å². The van der Waals surface area contributed by atoms with Crippen LogP contribution in [0, 0.1) is 5.82 Å². The van der Waals surface area contributed by atoms with E-state index in [2.05, 4.69) is 6.58 Å². The molecule has 128 valence electrons. The maximum absolute atomic E-state index is 13.3. The smallest absolute Gasteiger partial charge is 0.337 e. The summed E-state index contributed by atoms with van der Waals surface area (Å²) in [6.07, 6.45) is -0.457. The molecule has 2 aromatic rings. The van der Waals surface area contributed by atoms with Crippen molar-refractivity contribution in [1.29, 1.82) is 0 Å². The van der Waals surface area contributed by atoms with E-state index in [0.29, 0.717) is 11.3 Å². The number of halogens is 1. The van der Waals surface area contributed by atoms with E-state index < -0.39 is 18.0 Å². The van der Waals surface area contributed by atoms with Crippen LogP contribution in [0.3, 0.4) is 0 Å². The van der Waals surface area contributed by atoms with Gasteiger partial charge in [0.15, 0.2) is 0 Å². The van der Waals surface area contributed by atoms with Crippen LogP contribution in [0.25, 0.3) is 5.57 Å². The highest BCUT2D eigenvalue weighted by Gasteiger charge is 2.42. The summed E-state index contributed by atoms with van der Waals surface area (Å²) in [6.45, 7) is 5.91. The second-order valence-corrected chi connectivity index (χ2v) is 5.92. The Kier molecular flexibility index (Phi) is 4.70. The SMILES string of the molecule is C=C(c1ccccc1)[C@H]1OC(C)=C(C(=O)OC)[C@@H]1c1ccc(F)cc1. The summed E-state index contributed by atoms with van der Waals surface area (Å²) in [6, 6.07) is 15.7. The van der Waals surface area contributed by atoms with Crippen LogP contribution in [0.15, 0.2) is 72.5 Å². The van der Waals surface area contributed by atoms with Gasteiger partial charge in [0.25, 0.3) is 0 Å². The largest absolute Gasteiger partial charge is 0.489 e. The van der Waals surface area contributed by atoms with Crippen molar-refractivity contribution in [3.05, 3.63) is 89.5 Å². The molecule has 0 saturated heterocycles. The molecular weight excluding hydrogens is 319 g/mol. The van der Waals surface area contributed by atoms with Crippen molar-refractivity contribution >= 4 is 11.5 Å². The number of esters is 1. The van der Waals surface area contributed by atoms with Crippen LogP contribution in [0.1, 0.15) is 24.0 Å². The quantitative estimate of drug-likeness (QED) is 0.772. The van der Waals surface area contributed by atoms with Crippen molar-refractivity contribution in [2.45, 2.75) is 18.9 Å². The summed E-state index contributed by atoms with van der Waals surface area (Å²) in [5.74, 6) is -0.680. The number of hydrogen-bond donors (Lipinski definition) is 0. The Balaban J connectivity index is 2.05. The van der Waals surface area contributed by atoms with E-state index in [-0.39, 0.29) is 5.82 Å². The maximum Gasteiger partial charge on any atom is 0.337 e. The van der Waals surface area contributed by atoms with Gasteiger partial charge in [0, 0.05) is 0 Å². The molecule has 0 spiro atoms. The molecular formula is C21H19FO3. The summed E-state index contributed by atoms with van der Waals surface area (Å²) in [5, 5.41) is 0. The van der Waals surface area contributed by atoms with Crippen LogP contribution in [0.5, 0.6) is 0 Å². The number of allylic oxidation sites excluding steroid dienone is 1. The van der Waals surface area contributed by atoms with E-state index in [1.54, 1.807) is 19.1 Å². The molecule has 0 radical (unpaired) electrons. The summed E-state index contributed by atoms with van der Waals surface area (Å²) in [4.78, 5) is 12.3. The van der Waals surface area contributed by atoms with Crippen LogP contribution >= 0.6 is 0 Å². The fourth-order valence-electron chi connectivity index (χ4n) is 3.17. The van der Waals surface area contributed by atoms with Gasteiger partial charge in [-0.3, -0.25) is 0 Å². The van der Waals surface area contributed by atoms with Crippen molar-refractivity contribution in [2.75, 3.05) is 7.11 Å². The molecule has 3 nitrogen and oxygen atoms in total. The van der Waals surface area contributed by atoms with Crippen molar-refractivity contribution in [1.82, 2.24) is 0 Å². The lowest BCUT2D eigenvalue weighted by atomic mass is 9.83. The Morgan fingerprint density at radius 3 is 2.36 bits per heavy atom.